The Morgan fingerprint density at radius 3 is 2.86 bits per heavy atom. The minimum Gasteiger partial charge on any atom is -0.379 e. The molecule has 1 N–H and O–H groups in total. The number of benzene rings is 1. The third kappa shape index (κ3) is 1.97. The van der Waals surface area contributed by atoms with Gasteiger partial charge >= 0.3 is 0 Å². The standard InChI is InChI=1S/C12H17NO/c1-12(9-13-7-8-14-10-12)11-5-3-2-4-6-11/h2-6,13H,7-10H2,1H3. The van der Waals surface area contributed by atoms with Crippen molar-refractivity contribution >= 4 is 0 Å². The largest absolute Gasteiger partial charge is 0.379 e. The molecule has 1 aromatic carbocycles. The van der Waals surface area contributed by atoms with Crippen molar-refractivity contribution in [1.29, 1.82) is 0 Å². The van der Waals surface area contributed by atoms with Gasteiger partial charge in [-0.25, -0.2) is 0 Å². The van der Waals surface area contributed by atoms with E-state index in [4.69, 9.17) is 4.74 Å². The van der Waals surface area contributed by atoms with Crippen molar-refractivity contribution in [3.8, 4) is 0 Å². The molecule has 0 spiro atoms. The Balaban J connectivity index is 2.21. The molecule has 1 aromatic rings. The summed E-state index contributed by atoms with van der Waals surface area (Å²) in [6.07, 6.45) is 0. The lowest BCUT2D eigenvalue weighted by Gasteiger charge is -2.27. The molecule has 1 aliphatic heterocycles. The molecule has 0 saturated carbocycles. The molecule has 76 valence electrons. The van der Waals surface area contributed by atoms with Crippen LogP contribution >= 0.6 is 0 Å². The molecule has 2 nitrogen and oxygen atoms in total. The van der Waals surface area contributed by atoms with Gasteiger partial charge in [0.2, 0.25) is 0 Å². The fraction of sp³-hybridized carbons (Fsp3) is 0.500. The molecule has 1 saturated heterocycles. The molecule has 1 fully saturated rings. The highest BCUT2D eigenvalue weighted by molar-refractivity contribution is 5.25. The van der Waals surface area contributed by atoms with Crippen molar-refractivity contribution in [2.75, 3.05) is 26.3 Å². The second-order valence-corrected chi connectivity index (χ2v) is 4.16. The summed E-state index contributed by atoms with van der Waals surface area (Å²) in [5, 5.41) is 3.41. The van der Waals surface area contributed by atoms with E-state index in [0.29, 0.717) is 0 Å². The molecule has 1 unspecified atom stereocenters. The topological polar surface area (TPSA) is 21.3 Å². The maximum Gasteiger partial charge on any atom is 0.0591 e. The van der Waals surface area contributed by atoms with E-state index in [1.807, 2.05) is 0 Å². The van der Waals surface area contributed by atoms with Crippen molar-refractivity contribution in [2.24, 2.45) is 0 Å². The summed E-state index contributed by atoms with van der Waals surface area (Å²) in [7, 11) is 0. The van der Waals surface area contributed by atoms with Crippen molar-refractivity contribution in [2.45, 2.75) is 12.3 Å². The first kappa shape index (κ1) is 9.69. The molecule has 1 heterocycles. The van der Waals surface area contributed by atoms with Crippen LogP contribution in [0.2, 0.25) is 0 Å². The lowest BCUT2D eigenvalue weighted by molar-refractivity contribution is 0.113. The summed E-state index contributed by atoms with van der Waals surface area (Å²) in [6, 6.07) is 10.6. The highest BCUT2D eigenvalue weighted by Crippen LogP contribution is 2.24. The van der Waals surface area contributed by atoms with Crippen LogP contribution in [-0.4, -0.2) is 26.3 Å². The minimum absolute atomic E-state index is 0.123. The van der Waals surface area contributed by atoms with Gasteiger partial charge in [0.15, 0.2) is 0 Å². The molecule has 14 heavy (non-hydrogen) atoms. The number of hydrogen-bond donors (Lipinski definition) is 1. The second kappa shape index (κ2) is 4.11. The Hall–Kier alpha value is -0.860. The van der Waals surface area contributed by atoms with Crippen molar-refractivity contribution in [3.05, 3.63) is 35.9 Å². The quantitative estimate of drug-likeness (QED) is 0.727. The van der Waals surface area contributed by atoms with Gasteiger partial charge in [-0.05, 0) is 5.56 Å². The van der Waals surface area contributed by atoms with Crippen LogP contribution in [0.3, 0.4) is 0 Å². The number of hydrogen-bond acceptors (Lipinski definition) is 2. The molecular formula is C12H17NO. The van der Waals surface area contributed by atoms with Gasteiger partial charge in [0.05, 0.1) is 13.2 Å². The van der Waals surface area contributed by atoms with Gasteiger partial charge in [0.25, 0.3) is 0 Å². The smallest absolute Gasteiger partial charge is 0.0591 e. The molecule has 2 rings (SSSR count). The molecule has 1 atom stereocenters. The Kier molecular flexibility index (Phi) is 2.85. The van der Waals surface area contributed by atoms with Crippen molar-refractivity contribution in [3.63, 3.8) is 0 Å². The van der Waals surface area contributed by atoms with Crippen molar-refractivity contribution in [1.82, 2.24) is 5.32 Å². The normalized spacial score (nSPS) is 28.4. The fourth-order valence-electron chi connectivity index (χ4n) is 1.88. The van der Waals surface area contributed by atoms with Crippen LogP contribution in [0.15, 0.2) is 30.3 Å². The maximum absolute atomic E-state index is 5.60. The summed E-state index contributed by atoms with van der Waals surface area (Å²) >= 11 is 0. The number of ether oxygens (including phenoxy) is 1. The van der Waals surface area contributed by atoms with Crippen molar-refractivity contribution < 1.29 is 4.74 Å². The van der Waals surface area contributed by atoms with E-state index in [9.17, 15) is 0 Å². The van der Waals surface area contributed by atoms with Crippen LogP contribution in [0, 0.1) is 0 Å². The highest BCUT2D eigenvalue weighted by atomic mass is 16.5. The zero-order valence-electron chi connectivity index (χ0n) is 8.62. The SMILES string of the molecule is CC1(c2ccccc2)CNCCOC1. The van der Waals surface area contributed by atoms with Gasteiger partial charge < -0.3 is 10.1 Å². The average molecular weight is 191 g/mol. The van der Waals surface area contributed by atoms with E-state index in [1.165, 1.54) is 5.56 Å². The van der Waals surface area contributed by atoms with Crippen LogP contribution in [0.5, 0.6) is 0 Å². The molecule has 0 radical (unpaired) electrons. The van der Waals surface area contributed by atoms with Gasteiger partial charge in [0.1, 0.15) is 0 Å². The highest BCUT2D eigenvalue weighted by Gasteiger charge is 2.27. The average Bonchev–Trinajstić information content (AvgIpc) is 2.46. The van der Waals surface area contributed by atoms with Crippen LogP contribution in [0.4, 0.5) is 0 Å². The Morgan fingerprint density at radius 2 is 2.07 bits per heavy atom. The van der Waals surface area contributed by atoms with Gasteiger partial charge in [-0.15, -0.1) is 0 Å². The van der Waals surface area contributed by atoms with Crippen LogP contribution in [0.25, 0.3) is 0 Å². The number of rotatable bonds is 1. The predicted molar refractivity (Wildman–Crippen MR) is 57.5 cm³/mol. The fourth-order valence-corrected chi connectivity index (χ4v) is 1.88. The molecule has 2 heteroatoms. The summed E-state index contributed by atoms with van der Waals surface area (Å²) in [6.45, 7) is 5.84. The number of nitrogens with one attached hydrogen (secondary N) is 1. The van der Waals surface area contributed by atoms with E-state index in [1.54, 1.807) is 0 Å². The first-order valence-electron chi connectivity index (χ1n) is 5.15. The minimum atomic E-state index is 0.123. The lowest BCUT2D eigenvalue weighted by Crippen LogP contribution is -2.36. The summed E-state index contributed by atoms with van der Waals surface area (Å²) in [5.74, 6) is 0. The van der Waals surface area contributed by atoms with E-state index < -0.39 is 0 Å². The molecular weight excluding hydrogens is 174 g/mol. The van der Waals surface area contributed by atoms with Crippen LogP contribution < -0.4 is 5.32 Å². The second-order valence-electron chi connectivity index (χ2n) is 4.16. The Bertz CT molecular complexity index is 276. The maximum atomic E-state index is 5.60. The van der Waals surface area contributed by atoms with E-state index in [0.717, 1.165) is 26.3 Å². The zero-order chi connectivity index (χ0) is 9.86. The van der Waals surface area contributed by atoms with E-state index in [-0.39, 0.29) is 5.41 Å². The van der Waals surface area contributed by atoms with Gasteiger partial charge in [-0.2, -0.15) is 0 Å². The van der Waals surface area contributed by atoms with Crippen LogP contribution in [0.1, 0.15) is 12.5 Å². The van der Waals surface area contributed by atoms with Gasteiger partial charge in [-0.1, -0.05) is 37.3 Å². The monoisotopic (exact) mass is 191 g/mol. The first-order valence-corrected chi connectivity index (χ1v) is 5.15. The molecule has 1 aliphatic rings. The van der Waals surface area contributed by atoms with E-state index in [2.05, 4.69) is 42.6 Å². The van der Waals surface area contributed by atoms with Crippen LogP contribution in [-0.2, 0) is 10.2 Å². The van der Waals surface area contributed by atoms with E-state index >= 15 is 0 Å². The molecule has 0 aromatic heterocycles. The van der Waals surface area contributed by atoms with Gasteiger partial charge in [-0.3, -0.25) is 0 Å². The Morgan fingerprint density at radius 1 is 1.29 bits per heavy atom. The first-order chi connectivity index (χ1) is 6.81. The van der Waals surface area contributed by atoms with Gasteiger partial charge in [0, 0.05) is 18.5 Å². The Labute approximate surface area is 85.3 Å². The summed E-state index contributed by atoms with van der Waals surface area (Å²) in [5.41, 5.74) is 1.48. The third-order valence-corrected chi connectivity index (χ3v) is 2.83. The zero-order valence-corrected chi connectivity index (χ0v) is 8.62. The molecule has 0 aliphatic carbocycles. The summed E-state index contributed by atoms with van der Waals surface area (Å²) in [4.78, 5) is 0. The summed E-state index contributed by atoms with van der Waals surface area (Å²) < 4.78 is 5.60. The lowest BCUT2D eigenvalue weighted by atomic mass is 9.83. The predicted octanol–water partition coefficient (Wildman–Crippen LogP) is 1.56. The molecule has 0 amide bonds. The molecule has 0 bridgehead atoms. The third-order valence-electron chi connectivity index (χ3n) is 2.83.